The molecular formula is C15H21NO2. The summed E-state index contributed by atoms with van der Waals surface area (Å²) < 4.78 is 0. The molecule has 2 rings (SSSR count). The fourth-order valence-corrected chi connectivity index (χ4v) is 2.39. The molecule has 0 aliphatic carbocycles. The Labute approximate surface area is 108 Å². The maximum atomic E-state index is 11.3. The minimum atomic E-state index is 0.0449. The third-order valence-corrected chi connectivity index (χ3v) is 3.76. The number of hydrogen-bond acceptors (Lipinski definition) is 3. The number of aromatic hydroxyl groups is 1. The molecule has 1 aromatic carbocycles. The van der Waals surface area contributed by atoms with Crippen molar-refractivity contribution in [3.63, 3.8) is 0 Å². The van der Waals surface area contributed by atoms with Crippen LogP contribution in [0.15, 0.2) is 18.2 Å². The predicted octanol–water partition coefficient (Wildman–Crippen LogP) is 2.83. The van der Waals surface area contributed by atoms with E-state index in [1.54, 1.807) is 19.1 Å². The lowest BCUT2D eigenvalue weighted by molar-refractivity contribution is 0.101. The first-order chi connectivity index (χ1) is 8.56. The van der Waals surface area contributed by atoms with Crippen LogP contribution in [0.2, 0.25) is 0 Å². The van der Waals surface area contributed by atoms with Crippen LogP contribution in [0.1, 0.15) is 42.6 Å². The Kier molecular flexibility index (Phi) is 4.02. The quantitative estimate of drug-likeness (QED) is 0.835. The number of likely N-dealkylation sites (tertiary alicyclic amines) is 1. The van der Waals surface area contributed by atoms with Crippen LogP contribution in [0.3, 0.4) is 0 Å². The molecule has 0 aromatic heterocycles. The van der Waals surface area contributed by atoms with Gasteiger partial charge in [-0.1, -0.05) is 6.92 Å². The van der Waals surface area contributed by atoms with Crippen molar-refractivity contribution in [1.82, 2.24) is 4.90 Å². The highest BCUT2D eigenvalue weighted by molar-refractivity contribution is 5.94. The standard InChI is InChI=1S/C15H21NO2/c1-11-5-7-16(8-6-11)10-14-9-13(12(2)17)3-4-15(14)18/h3-4,9,11,18H,5-8,10H2,1-2H3. The Morgan fingerprint density at radius 3 is 2.67 bits per heavy atom. The van der Waals surface area contributed by atoms with Crippen molar-refractivity contribution >= 4 is 5.78 Å². The zero-order valence-electron chi connectivity index (χ0n) is 11.1. The smallest absolute Gasteiger partial charge is 0.159 e. The molecule has 1 heterocycles. The van der Waals surface area contributed by atoms with Crippen molar-refractivity contribution in [2.24, 2.45) is 5.92 Å². The first-order valence-electron chi connectivity index (χ1n) is 6.61. The van der Waals surface area contributed by atoms with E-state index in [4.69, 9.17) is 0 Å². The van der Waals surface area contributed by atoms with Gasteiger partial charge in [0.15, 0.2) is 5.78 Å². The summed E-state index contributed by atoms with van der Waals surface area (Å²) in [6.07, 6.45) is 2.43. The molecule has 0 amide bonds. The molecular weight excluding hydrogens is 226 g/mol. The van der Waals surface area contributed by atoms with Crippen LogP contribution in [0.5, 0.6) is 5.75 Å². The fraction of sp³-hybridized carbons (Fsp3) is 0.533. The van der Waals surface area contributed by atoms with Crippen LogP contribution in [-0.4, -0.2) is 28.9 Å². The zero-order chi connectivity index (χ0) is 13.1. The number of phenolic OH excluding ortho intramolecular Hbond substituents is 1. The van der Waals surface area contributed by atoms with Gasteiger partial charge in [-0.3, -0.25) is 9.69 Å². The second-order valence-electron chi connectivity index (χ2n) is 5.36. The molecule has 0 bridgehead atoms. The van der Waals surface area contributed by atoms with E-state index in [0.717, 1.165) is 31.1 Å². The number of ketones is 1. The first-order valence-corrected chi connectivity index (χ1v) is 6.61. The summed E-state index contributed by atoms with van der Waals surface area (Å²) in [4.78, 5) is 13.7. The molecule has 0 atom stereocenters. The van der Waals surface area contributed by atoms with Gasteiger partial charge in [0.25, 0.3) is 0 Å². The van der Waals surface area contributed by atoms with Crippen LogP contribution in [0.25, 0.3) is 0 Å². The number of phenols is 1. The fourth-order valence-electron chi connectivity index (χ4n) is 2.39. The van der Waals surface area contributed by atoms with Crippen LogP contribution >= 0.6 is 0 Å². The topological polar surface area (TPSA) is 40.5 Å². The highest BCUT2D eigenvalue weighted by atomic mass is 16.3. The molecule has 1 fully saturated rings. The Bertz CT molecular complexity index is 434. The Balaban J connectivity index is 2.08. The molecule has 0 radical (unpaired) electrons. The van der Waals surface area contributed by atoms with Gasteiger partial charge >= 0.3 is 0 Å². The minimum Gasteiger partial charge on any atom is -0.508 e. The molecule has 18 heavy (non-hydrogen) atoms. The third kappa shape index (κ3) is 3.10. The van der Waals surface area contributed by atoms with E-state index in [1.165, 1.54) is 12.8 Å². The van der Waals surface area contributed by atoms with Crippen molar-refractivity contribution in [1.29, 1.82) is 0 Å². The van der Waals surface area contributed by atoms with E-state index >= 15 is 0 Å². The third-order valence-electron chi connectivity index (χ3n) is 3.76. The van der Waals surface area contributed by atoms with E-state index in [2.05, 4.69) is 11.8 Å². The molecule has 1 aliphatic rings. The Hall–Kier alpha value is -1.35. The lowest BCUT2D eigenvalue weighted by Crippen LogP contribution is -2.32. The molecule has 1 saturated heterocycles. The van der Waals surface area contributed by atoms with Crippen LogP contribution in [0, 0.1) is 5.92 Å². The molecule has 3 nitrogen and oxygen atoms in total. The largest absolute Gasteiger partial charge is 0.508 e. The summed E-state index contributed by atoms with van der Waals surface area (Å²) in [5, 5.41) is 9.86. The molecule has 0 saturated carbocycles. The summed E-state index contributed by atoms with van der Waals surface area (Å²) >= 11 is 0. The number of piperidine rings is 1. The van der Waals surface area contributed by atoms with Gasteiger partial charge in [-0.25, -0.2) is 0 Å². The average molecular weight is 247 g/mol. The highest BCUT2D eigenvalue weighted by Gasteiger charge is 2.17. The first kappa shape index (κ1) is 13.1. The molecule has 1 aromatic rings. The van der Waals surface area contributed by atoms with E-state index in [1.807, 2.05) is 6.07 Å². The van der Waals surface area contributed by atoms with Crippen molar-refractivity contribution in [3.05, 3.63) is 29.3 Å². The number of Topliss-reactive ketones (excluding diaryl/α,β-unsaturated/α-hetero) is 1. The summed E-state index contributed by atoms with van der Waals surface area (Å²) in [6, 6.07) is 5.12. The van der Waals surface area contributed by atoms with Crippen LogP contribution in [-0.2, 0) is 6.54 Å². The lowest BCUT2D eigenvalue weighted by atomic mass is 9.98. The van der Waals surface area contributed by atoms with E-state index in [0.29, 0.717) is 11.3 Å². The predicted molar refractivity (Wildman–Crippen MR) is 71.8 cm³/mol. The number of rotatable bonds is 3. The SMILES string of the molecule is CC(=O)c1ccc(O)c(CN2CCC(C)CC2)c1. The van der Waals surface area contributed by atoms with E-state index in [-0.39, 0.29) is 5.78 Å². The summed E-state index contributed by atoms with van der Waals surface area (Å²) in [5.74, 6) is 1.14. The summed E-state index contributed by atoms with van der Waals surface area (Å²) in [5.41, 5.74) is 1.53. The Morgan fingerprint density at radius 2 is 2.06 bits per heavy atom. The summed E-state index contributed by atoms with van der Waals surface area (Å²) in [6.45, 7) is 6.72. The Morgan fingerprint density at radius 1 is 1.39 bits per heavy atom. The van der Waals surface area contributed by atoms with Crippen molar-refractivity contribution in [2.75, 3.05) is 13.1 Å². The maximum absolute atomic E-state index is 11.3. The van der Waals surface area contributed by atoms with Gasteiger partial charge in [-0.05, 0) is 57.0 Å². The number of benzene rings is 1. The number of carbonyl (C=O) groups excluding carboxylic acids is 1. The zero-order valence-corrected chi connectivity index (χ0v) is 11.1. The average Bonchev–Trinajstić information content (AvgIpc) is 2.34. The van der Waals surface area contributed by atoms with Gasteiger partial charge in [0.2, 0.25) is 0 Å². The van der Waals surface area contributed by atoms with Gasteiger partial charge in [0.05, 0.1) is 0 Å². The second kappa shape index (κ2) is 5.53. The van der Waals surface area contributed by atoms with Crippen molar-refractivity contribution in [2.45, 2.75) is 33.2 Å². The van der Waals surface area contributed by atoms with E-state index in [9.17, 15) is 9.90 Å². The number of nitrogens with zero attached hydrogens (tertiary/aromatic N) is 1. The molecule has 0 spiro atoms. The van der Waals surface area contributed by atoms with Crippen molar-refractivity contribution in [3.8, 4) is 5.75 Å². The van der Waals surface area contributed by atoms with Crippen LogP contribution in [0.4, 0.5) is 0 Å². The lowest BCUT2D eigenvalue weighted by Gasteiger charge is -2.30. The maximum Gasteiger partial charge on any atom is 0.159 e. The molecule has 98 valence electrons. The normalized spacial score (nSPS) is 17.9. The van der Waals surface area contributed by atoms with Crippen molar-refractivity contribution < 1.29 is 9.90 Å². The highest BCUT2D eigenvalue weighted by Crippen LogP contribution is 2.23. The van der Waals surface area contributed by atoms with Crippen LogP contribution < -0.4 is 0 Å². The molecule has 3 heteroatoms. The minimum absolute atomic E-state index is 0.0449. The molecule has 1 N–H and O–H groups in total. The number of carbonyl (C=O) groups is 1. The number of hydrogen-bond donors (Lipinski definition) is 1. The van der Waals surface area contributed by atoms with E-state index < -0.39 is 0 Å². The van der Waals surface area contributed by atoms with Gasteiger partial charge in [-0.15, -0.1) is 0 Å². The molecule has 1 aliphatic heterocycles. The second-order valence-corrected chi connectivity index (χ2v) is 5.36. The monoisotopic (exact) mass is 247 g/mol. The van der Waals surface area contributed by atoms with Gasteiger partial charge < -0.3 is 5.11 Å². The molecule has 0 unspecified atom stereocenters. The summed E-state index contributed by atoms with van der Waals surface area (Å²) in [7, 11) is 0. The van der Waals surface area contributed by atoms with Gasteiger partial charge in [0.1, 0.15) is 5.75 Å². The van der Waals surface area contributed by atoms with Gasteiger partial charge in [0, 0.05) is 17.7 Å². The van der Waals surface area contributed by atoms with Gasteiger partial charge in [-0.2, -0.15) is 0 Å².